The molecule has 1 aromatic carbocycles. The molecule has 22 heavy (non-hydrogen) atoms. The fourth-order valence-electron chi connectivity index (χ4n) is 2.71. The van der Waals surface area contributed by atoms with Gasteiger partial charge in [-0.1, -0.05) is 73.8 Å². The second-order valence-electron chi connectivity index (χ2n) is 8.56. The minimum Gasteiger partial charge on any atom is -0.507 e. The van der Waals surface area contributed by atoms with Crippen molar-refractivity contribution in [2.45, 2.75) is 91.0 Å². The van der Waals surface area contributed by atoms with Crippen LogP contribution in [0.2, 0.25) is 0 Å². The molecule has 0 aliphatic heterocycles. The molecule has 1 atom stereocenters. The van der Waals surface area contributed by atoms with Crippen molar-refractivity contribution >= 4 is 0 Å². The third kappa shape index (κ3) is 4.74. The van der Waals surface area contributed by atoms with Gasteiger partial charge in [-0.3, -0.25) is 0 Å². The van der Waals surface area contributed by atoms with Crippen molar-refractivity contribution in [1.82, 2.24) is 0 Å². The summed E-state index contributed by atoms with van der Waals surface area (Å²) in [6, 6.07) is 4.17. The van der Waals surface area contributed by atoms with Gasteiger partial charge in [0.15, 0.2) is 0 Å². The Labute approximate surface area is 137 Å². The minimum atomic E-state index is -0.0940. The lowest BCUT2D eigenvalue weighted by Crippen LogP contribution is -2.20. The van der Waals surface area contributed by atoms with Crippen molar-refractivity contribution in [2.24, 2.45) is 5.73 Å². The van der Waals surface area contributed by atoms with Crippen molar-refractivity contribution in [1.29, 1.82) is 0 Å². The summed E-state index contributed by atoms with van der Waals surface area (Å²) in [5.74, 6) is 0.393. The zero-order chi connectivity index (χ0) is 17.1. The first-order chi connectivity index (χ1) is 9.98. The van der Waals surface area contributed by atoms with E-state index < -0.39 is 0 Å². The monoisotopic (exact) mass is 305 g/mol. The van der Waals surface area contributed by atoms with E-state index in [1.54, 1.807) is 0 Å². The predicted molar refractivity (Wildman–Crippen MR) is 96.6 cm³/mol. The van der Waals surface area contributed by atoms with E-state index in [1.165, 1.54) is 18.4 Å². The average molecular weight is 306 g/mol. The van der Waals surface area contributed by atoms with Crippen LogP contribution in [0.3, 0.4) is 0 Å². The Morgan fingerprint density at radius 2 is 1.59 bits per heavy atom. The number of rotatable bonds is 5. The summed E-state index contributed by atoms with van der Waals surface area (Å²) in [7, 11) is 0. The van der Waals surface area contributed by atoms with Gasteiger partial charge in [-0.05, 0) is 34.4 Å². The number of benzene rings is 1. The smallest absolute Gasteiger partial charge is 0.124 e. The normalized spacial score (nSPS) is 14.2. The van der Waals surface area contributed by atoms with Gasteiger partial charge in [0.1, 0.15) is 5.75 Å². The molecule has 2 heteroatoms. The van der Waals surface area contributed by atoms with Gasteiger partial charge in [-0.25, -0.2) is 0 Å². The molecule has 0 spiro atoms. The summed E-state index contributed by atoms with van der Waals surface area (Å²) in [6.45, 7) is 15.2. The number of hydrogen-bond acceptors (Lipinski definition) is 2. The third-order valence-corrected chi connectivity index (χ3v) is 4.33. The molecule has 126 valence electrons. The fraction of sp³-hybridized carbons (Fsp3) is 0.700. The minimum absolute atomic E-state index is 0.0472. The van der Waals surface area contributed by atoms with Crippen LogP contribution in [-0.4, -0.2) is 5.11 Å². The zero-order valence-corrected chi connectivity index (χ0v) is 15.6. The lowest BCUT2D eigenvalue weighted by atomic mass is 9.78. The van der Waals surface area contributed by atoms with E-state index in [4.69, 9.17) is 5.73 Å². The number of hydrogen-bond donors (Lipinski definition) is 2. The van der Waals surface area contributed by atoms with Crippen molar-refractivity contribution in [3.8, 4) is 5.75 Å². The number of aromatic hydroxyl groups is 1. The van der Waals surface area contributed by atoms with Crippen molar-refractivity contribution in [2.75, 3.05) is 0 Å². The van der Waals surface area contributed by atoms with Crippen LogP contribution >= 0.6 is 0 Å². The van der Waals surface area contributed by atoms with Crippen LogP contribution in [0.1, 0.15) is 96.9 Å². The first-order valence-corrected chi connectivity index (χ1v) is 8.62. The van der Waals surface area contributed by atoms with E-state index in [9.17, 15) is 5.11 Å². The first-order valence-electron chi connectivity index (χ1n) is 8.62. The number of nitrogens with two attached hydrogens (primary N) is 1. The van der Waals surface area contributed by atoms with Crippen molar-refractivity contribution in [3.05, 3.63) is 28.8 Å². The molecule has 0 saturated heterocycles. The van der Waals surface area contributed by atoms with E-state index in [-0.39, 0.29) is 16.9 Å². The van der Waals surface area contributed by atoms with Gasteiger partial charge in [0.05, 0.1) is 0 Å². The molecule has 0 saturated carbocycles. The van der Waals surface area contributed by atoms with Crippen LogP contribution in [0.5, 0.6) is 5.75 Å². The molecule has 0 aliphatic rings. The summed E-state index contributed by atoms with van der Waals surface area (Å²) < 4.78 is 0. The maximum atomic E-state index is 10.8. The van der Waals surface area contributed by atoms with Gasteiger partial charge in [0.25, 0.3) is 0 Å². The molecule has 0 radical (unpaired) electrons. The highest BCUT2D eigenvalue weighted by molar-refractivity contribution is 5.49. The molecular weight excluding hydrogens is 270 g/mol. The molecular formula is C20H35NO. The Morgan fingerprint density at radius 3 is 2.05 bits per heavy atom. The summed E-state index contributed by atoms with van der Waals surface area (Å²) in [6.07, 6.45) is 4.42. The summed E-state index contributed by atoms with van der Waals surface area (Å²) in [5, 5.41) is 10.8. The molecule has 0 aromatic heterocycles. The van der Waals surface area contributed by atoms with E-state index in [1.807, 2.05) is 0 Å². The fourth-order valence-corrected chi connectivity index (χ4v) is 2.71. The molecule has 2 nitrogen and oxygen atoms in total. The molecule has 3 N–H and O–H groups in total. The van der Waals surface area contributed by atoms with Crippen LogP contribution in [0.4, 0.5) is 0 Å². The summed E-state index contributed by atoms with van der Waals surface area (Å²) >= 11 is 0. The van der Waals surface area contributed by atoms with Crippen LogP contribution < -0.4 is 5.73 Å². The molecule has 0 fully saturated rings. The molecule has 0 unspecified atom stereocenters. The largest absolute Gasteiger partial charge is 0.507 e. The van der Waals surface area contributed by atoms with Crippen LogP contribution in [0.15, 0.2) is 12.1 Å². The second-order valence-corrected chi connectivity index (χ2v) is 8.56. The number of unbranched alkanes of at least 4 members (excludes halogenated alkanes) is 2. The Bertz CT molecular complexity index is 492. The van der Waals surface area contributed by atoms with E-state index in [0.717, 1.165) is 24.0 Å². The molecule has 0 amide bonds. The summed E-state index contributed by atoms with van der Waals surface area (Å²) in [5.41, 5.74) is 9.51. The number of phenols is 1. The lowest BCUT2D eigenvalue weighted by molar-refractivity contribution is 0.428. The first kappa shape index (κ1) is 19.0. The quantitative estimate of drug-likeness (QED) is 0.699. The third-order valence-electron chi connectivity index (χ3n) is 4.33. The van der Waals surface area contributed by atoms with Crippen molar-refractivity contribution in [3.63, 3.8) is 0 Å². The molecule has 0 aliphatic carbocycles. The van der Waals surface area contributed by atoms with Gasteiger partial charge < -0.3 is 10.8 Å². The Kier molecular flexibility index (Phi) is 6.09. The van der Waals surface area contributed by atoms with Crippen molar-refractivity contribution < 1.29 is 5.11 Å². The highest BCUT2D eigenvalue weighted by Crippen LogP contribution is 2.40. The maximum absolute atomic E-state index is 10.8. The van der Waals surface area contributed by atoms with E-state index in [2.05, 4.69) is 60.6 Å². The molecule has 0 bridgehead atoms. The molecule has 1 aromatic rings. The van der Waals surface area contributed by atoms with Gasteiger partial charge in [-0.2, -0.15) is 0 Å². The topological polar surface area (TPSA) is 46.2 Å². The van der Waals surface area contributed by atoms with Crippen LogP contribution in [-0.2, 0) is 10.8 Å². The van der Waals surface area contributed by atoms with Crippen LogP contribution in [0, 0.1) is 0 Å². The molecule has 0 heterocycles. The van der Waals surface area contributed by atoms with Gasteiger partial charge in [0, 0.05) is 11.6 Å². The zero-order valence-electron chi connectivity index (χ0n) is 15.6. The Hall–Kier alpha value is -1.02. The van der Waals surface area contributed by atoms with E-state index >= 15 is 0 Å². The second kappa shape index (κ2) is 7.04. The van der Waals surface area contributed by atoms with E-state index in [0.29, 0.717) is 5.75 Å². The molecule has 1 rings (SSSR count). The van der Waals surface area contributed by atoms with Crippen LogP contribution in [0.25, 0.3) is 0 Å². The Balaban J connectivity index is 3.31. The maximum Gasteiger partial charge on any atom is 0.124 e. The SMILES string of the molecule is CCCCC[C@@H](N)c1cc(C(C)(C)C)cc(C(C)(C)C)c1O. The predicted octanol–water partition coefficient (Wildman–Crippen LogP) is 5.57. The highest BCUT2D eigenvalue weighted by atomic mass is 16.3. The lowest BCUT2D eigenvalue weighted by Gasteiger charge is -2.29. The average Bonchev–Trinajstić information content (AvgIpc) is 2.36. The van der Waals surface area contributed by atoms with Gasteiger partial charge in [0.2, 0.25) is 0 Å². The Morgan fingerprint density at radius 1 is 1.00 bits per heavy atom. The van der Waals surface area contributed by atoms with Gasteiger partial charge >= 0.3 is 0 Å². The summed E-state index contributed by atoms with van der Waals surface area (Å²) in [4.78, 5) is 0. The highest BCUT2D eigenvalue weighted by Gasteiger charge is 2.26. The van der Waals surface area contributed by atoms with Gasteiger partial charge in [-0.15, -0.1) is 0 Å². The standard InChI is InChI=1S/C20H35NO/c1-8-9-10-11-17(21)15-12-14(19(2,3)4)13-16(18(15)22)20(5,6)7/h12-13,17,22H,8-11,21H2,1-7H3/t17-/m1/s1. The number of phenolic OH excluding ortho intramolecular Hbond substituents is 1.